The Hall–Kier alpha value is -1.18. The lowest BCUT2D eigenvalue weighted by Crippen LogP contribution is -3.00. The first-order valence-corrected chi connectivity index (χ1v) is 11.8. The third-order valence-electron chi connectivity index (χ3n) is 5.85. The van der Waals surface area contributed by atoms with Crippen LogP contribution in [0.25, 0.3) is 0 Å². The molecule has 2 heteroatoms. The number of unbranched alkanes of at least 4 members (excludes halogenated alkanes) is 5. The fourth-order valence-corrected chi connectivity index (χ4v) is 4.73. The second-order valence-electron chi connectivity index (χ2n) is 7.73. The summed E-state index contributed by atoms with van der Waals surface area (Å²) in [5.74, 6) is 0. The van der Waals surface area contributed by atoms with E-state index in [-0.39, 0.29) is 29.4 Å². The molecule has 3 aromatic carbocycles. The van der Waals surface area contributed by atoms with E-state index >= 15 is 0 Å². The van der Waals surface area contributed by atoms with E-state index in [1.807, 2.05) is 0 Å². The van der Waals surface area contributed by atoms with Gasteiger partial charge in [0.1, 0.15) is 0 Å². The van der Waals surface area contributed by atoms with E-state index in [4.69, 9.17) is 0 Å². The third kappa shape index (κ3) is 6.40. The normalized spacial score (nSPS) is 11.2. The minimum Gasteiger partial charge on any atom is -1.00 e. The highest BCUT2D eigenvalue weighted by Gasteiger charge is 2.35. The topological polar surface area (TPSA) is 0 Å². The van der Waals surface area contributed by atoms with E-state index in [2.05, 4.69) is 100 Å². The minimum atomic E-state index is -0.0751. The van der Waals surface area contributed by atoms with Crippen molar-refractivity contribution in [2.75, 3.05) is 6.16 Å². The van der Waals surface area contributed by atoms with E-state index in [1.165, 1.54) is 61.4 Å². The molecule has 0 aromatic heterocycles. The van der Waals surface area contributed by atoms with Crippen molar-refractivity contribution in [1.82, 2.24) is 0 Å². The van der Waals surface area contributed by atoms with Crippen LogP contribution >= 0.6 is 9.24 Å². The summed E-state index contributed by atoms with van der Waals surface area (Å²) in [6.45, 7) is 0. The number of halogens is 1. The van der Waals surface area contributed by atoms with Crippen LogP contribution in [0.3, 0.4) is 0 Å². The van der Waals surface area contributed by atoms with Crippen molar-refractivity contribution in [3.05, 3.63) is 108 Å². The zero-order valence-corrected chi connectivity index (χ0v) is 21.0. The summed E-state index contributed by atoms with van der Waals surface area (Å²) < 4.78 is 0. The lowest BCUT2D eigenvalue weighted by Gasteiger charge is -2.36. The predicted octanol–water partition coefficient (Wildman–Crippen LogP) is 4.36. The van der Waals surface area contributed by atoms with Crippen LogP contribution in [-0.4, -0.2) is 6.16 Å². The molecule has 0 aliphatic heterocycles. The van der Waals surface area contributed by atoms with Crippen LogP contribution in [0, 0.1) is 0 Å². The molecule has 29 heavy (non-hydrogen) atoms. The lowest BCUT2D eigenvalue weighted by atomic mass is 9.66. The zero-order valence-electron chi connectivity index (χ0n) is 17.4. The van der Waals surface area contributed by atoms with Gasteiger partial charge in [-0.3, -0.25) is 0 Å². The molecule has 0 amide bonds. The van der Waals surface area contributed by atoms with Gasteiger partial charge in [0.25, 0.3) is 0 Å². The van der Waals surface area contributed by atoms with Gasteiger partial charge in [-0.15, -0.1) is 0 Å². The largest absolute Gasteiger partial charge is 1.00 e. The Morgan fingerprint density at radius 1 is 0.483 bits per heavy atom. The minimum absolute atomic E-state index is 0. The fourth-order valence-electron chi connectivity index (χ4n) is 4.38. The summed E-state index contributed by atoms with van der Waals surface area (Å²) in [5, 5.41) is 0. The summed E-state index contributed by atoms with van der Waals surface area (Å²) in [7, 11) is 2.10. The molecule has 0 nitrogen and oxygen atoms in total. The Morgan fingerprint density at radius 2 is 0.828 bits per heavy atom. The summed E-state index contributed by atoms with van der Waals surface area (Å²) >= 11 is 0. The predicted molar refractivity (Wildman–Crippen MR) is 127 cm³/mol. The van der Waals surface area contributed by atoms with Crippen molar-refractivity contribution in [2.45, 2.75) is 50.4 Å². The summed E-state index contributed by atoms with van der Waals surface area (Å²) in [4.78, 5) is 0. The molecule has 0 saturated carbocycles. The Balaban J connectivity index is 0.00000300. The van der Waals surface area contributed by atoms with Crippen molar-refractivity contribution in [1.29, 1.82) is 0 Å². The molecule has 0 N–H and O–H groups in total. The third-order valence-corrected chi connectivity index (χ3v) is 6.35. The van der Waals surface area contributed by atoms with Gasteiger partial charge < -0.3 is 24.0 Å². The van der Waals surface area contributed by atoms with Gasteiger partial charge in [-0.2, -0.15) is 0 Å². The van der Waals surface area contributed by atoms with E-state index in [0.717, 1.165) is 6.42 Å². The van der Waals surface area contributed by atoms with Crippen LogP contribution < -0.4 is 24.0 Å². The molecular formula is C27H34IP. The van der Waals surface area contributed by atoms with E-state index < -0.39 is 0 Å². The molecule has 3 rings (SSSR count). The highest BCUT2D eigenvalue weighted by molar-refractivity contribution is 7.16. The SMILES string of the molecule is [I-].[PH3+]CCCCCCCCC(c1ccccc1)(c1ccccc1)c1ccccc1. The summed E-state index contributed by atoms with van der Waals surface area (Å²) in [6, 6.07) is 33.3. The van der Waals surface area contributed by atoms with Crippen LogP contribution in [0.15, 0.2) is 91.0 Å². The molecule has 0 spiro atoms. The molecule has 3 aromatic rings. The van der Waals surface area contributed by atoms with E-state index in [0.29, 0.717) is 0 Å². The van der Waals surface area contributed by atoms with Gasteiger partial charge in [-0.25, -0.2) is 0 Å². The molecule has 0 aliphatic rings. The van der Waals surface area contributed by atoms with Crippen molar-refractivity contribution in [3.8, 4) is 0 Å². The van der Waals surface area contributed by atoms with Gasteiger partial charge in [0.15, 0.2) is 0 Å². The van der Waals surface area contributed by atoms with Gasteiger partial charge in [0, 0.05) is 5.41 Å². The maximum absolute atomic E-state index is 2.31. The number of hydrogen-bond donors (Lipinski definition) is 0. The first-order valence-electron chi connectivity index (χ1n) is 10.8. The fraction of sp³-hybridized carbons (Fsp3) is 0.333. The van der Waals surface area contributed by atoms with Gasteiger partial charge in [0.05, 0.1) is 6.16 Å². The van der Waals surface area contributed by atoms with Crippen LogP contribution in [0.4, 0.5) is 0 Å². The first-order chi connectivity index (χ1) is 13.9. The number of rotatable bonds is 11. The Kier molecular flexibility index (Phi) is 11.0. The average molecular weight is 516 g/mol. The Morgan fingerprint density at radius 3 is 1.21 bits per heavy atom. The maximum atomic E-state index is 2.31. The highest BCUT2D eigenvalue weighted by atomic mass is 127. The van der Waals surface area contributed by atoms with Crippen LogP contribution in [0.2, 0.25) is 0 Å². The lowest BCUT2D eigenvalue weighted by molar-refractivity contribution is -0.00000555. The van der Waals surface area contributed by atoms with E-state index in [9.17, 15) is 0 Å². The van der Waals surface area contributed by atoms with Gasteiger partial charge >= 0.3 is 0 Å². The van der Waals surface area contributed by atoms with Crippen LogP contribution in [0.5, 0.6) is 0 Å². The van der Waals surface area contributed by atoms with Crippen LogP contribution in [0.1, 0.15) is 61.6 Å². The van der Waals surface area contributed by atoms with Crippen molar-refractivity contribution < 1.29 is 24.0 Å². The van der Waals surface area contributed by atoms with Crippen molar-refractivity contribution >= 4 is 9.24 Å². The molecular weight excluding hydrogens is 482 g/mol. The van der Waals surface area contributed by atoms with Crippen LogP contribution in [-0.2, 0) is 5.41 Å². The Bertz CT molecular complexity index is 690. The maximum Gasteiger partial charge on any atom is 0.0526 e. The summed E-state index contributed by atoms with van der Waals surface area (Å²) in [5.41, 5.74) is 4.13. The monoisotopic (exact) mass is 516 g/mol. The number of hydrogen-bond acceptors (Lipinski definition) is 0. The molecule has 1 unspecified atom stereocenters. The molecule has 154 valence electrons. The molecule has 0 heterocycles. The van der Waals surface area contributed by atoms with Crippen molar-refractivity contribution in [3.63, 3.8) is 0 Å². The molecule has 0 fully saturated rings. The first kappa shape index (κ1) is 24.1. The average Bonchev–Trinajstić information content (AvgIpc) is 2.78. The van der Waals surface area contributed by atoms with Crippen molar-refractivity contribution in [2.24, 2.45) is 0 Å². The van der Waals surface area contributed by atoms with Gasteiger partial charge in [-0.1, -0.05) is 117 Å². The summed E-state index contributed by atoms with van der Waals surface area (Å²) in [6.07, 6.45) is 10.6. The molecule has 0 radical (unpaired) electrons. The number of benzene rings is 3. The van der Waals surface area contributed by atoms with E-state index in [1.54, 1.807) is 0 Å². The molecule has 0 bridgehead atoms. The molecule has 0 aliphatic carbocycles. The van der Waals surface area contributed by atoms with Gasteiger partial charge in [0.2, 0.25) is 0 Å². The van der Waals surface area contributed by atoms with Gasteiger partial charge in [-0.05, 0) is 45.2 Å². The molecule has 1 atom stereocenters. The quantitative estimate of drug-likeness (QED) is 0.154. The standard InChI is InChI=1S/C27H33P.HI/c28-23-15-4-2-1-3-14-22-27(24-16-8-5-9-17-24,25-18-10-6-11-19-25)26-20-12-7-13-21-26;/h5-13,16-21H,1-4,14-15,22-23,28H2;1H. The smallest absolute Gasteiger partial charge is 0.0526 e. The Labute approximate surface area is 196 Å². The highest BCUT2D eigenvalue weighted by Crippen LogP contribution is 2.43. The molecule has 0 saturated heterocycles. The second kappa shape index (κ2) is 13.2. The zero-order chi connectivity index (χ0) is 19.5. The second-order valence-corrected chi connectivity index (χ2v) is 8.44.